The zero-order valence-electron chi connectivity index (χ0n) is 12.9. The second kappa shape index (κ2) is 7.83. The normalized spacial score (nSPS) is 19.0. The van der Waals surface area contributed by atoms with Crippen LogP contribution >= 0.6 is 23.2 Å². The number of halogens is 2. The summed E-state index contributed by atoms with van der Waals surface area (Å²) in [5.74, 6) is 0.113. The van der Waals surface area contributed by atoms with Gasteiger partial charge in [0.05, 0.1) is 6.26 Å². The molecule has 0 aliphatic carbocycles. The van der Waals surface area contributed by atoms with E-state index in [9.17, 15) is 13.2 Å². The van der Waals surface area contributed by atoms with E-state index in [1.54, 1.807) is 12.1 Å². The van der Waals surface area contributed by atoms with Gasteiger partial charge in [0.25, 0.3) is 0 Å². The first-order valence-electron chi connectivity index (χ1n) is 7.41. The van der Waals surface area contributed by atoms with Crippen LogP contribution in [0.4, 0.5) is 0 Å². The number of benzene rings is 1. The van der Waals surface area contributed by atoms with Crippen molar-refractivity contribution in [1.82, 2.24) is 9.62 Å². The predicted molar refractivity (Wildman–Crippen MR) is 92.3 cm³/mol. The zero-order valence-corrected chi connectivity index (χ0v) is 15.2. The Morgan fingerprint density at radius 1 is 1.39 bits per heavy atom. The topological polar surface area (TPSA) is 66.5 Å². The number of aryl methyl sites for hydroxylation is 1. The van der Waals surface area contributed by atoms with Gasteiger partial charge in [-0.1, -0.05) is 29.3 Å². The standard InChI is InChI=1S/C15H20Cl2N2O3S/c1-23(21,22)19-7-6-11(10-19)9-18-15(20)5-3-12-2-4-13(16)8-14(12)17/h2,4,8,11H,3,5-7,9-10H2,1H3,(H,18,20)/t11-/m1/s1. The molecule has 1 aliphatic heterocycles. The number of carbonyl (C=O) groups excluding carboxylic acids is 1. The summed E-state index contributed by atoms with van der Waals surface area (Å²) in [5, 5.41) is 4.00. The highest BCUT2D eigenvalue weighted by atomic mass is 35.5. The van der Waals surface area contributed by atoms with Gasteiger partial charge >= 0.3 is 0 Å². The van der Waals surface area contributed by atoms with E-state index in [0.29, 0.717) is 42.5 Å². The highest BCUT2D eigenvalue weighted by Gasteiger charge is 2.28. The van der Waals surface area contributed by atoms with Crippen LogP contribution in [-0.2, 0) is 21.2 Å². The Labute approximate surface area is 147 Å². The van der Waals surface area contributed by atoms with E-state index in [1.165, 1.54) is 10.6 Å². The van der Waals surface area contributed by atoms with Crippen LogP contribution in [0.3, 0.4) is 0 Å². The number of hydrogen-bond donors (Lipinski definition) is 1. The Morgan fingerprint density at radius 2 is 2.13 bits per heavy atom. The lowest BCUT2D eigenvalue weighted by molar-refractivity contribution is -0.121. The maximum absolute atomic E-state index is 11.9. The fourth-order valence-corrected chi connectivity index (χ4v) is 4.01. The third kappa shape index (κ3) is 5.64. The van der Waals surface area contributed by atoms with Gasteiger partial charge in [0.1, 0.15) is 0 Å². The third-order valence-corrected chi connectivity index (χ3v) is 5.80. The monoisotopic (exact) mass is 378 g/mol. The molecule has 1 fully saturated rings. The molecule has 0 unspecified atom stereocenters. The third-order valence-electron chi connectivity index (χ3n) is 3.94. The molecule has 5 nitrogen and oxygen atoms in total. The molecule has 1 aliphatic rings. The fraction of sp³-hybridized carbons (Fsp3) is 0.533. The summed E-state index contributed by atoms with van der Waals surface area (Å²) in [4.78, 5) is 11.9. The van der Waals surface area contributed by atoms with E-state index in [2.05, 4.69) is 5.32 Å². The van der Waals surface area contributed by atoms with Crippen LogP contribution in [0.1, 0.15) is 18.4 Å². The molecule has 8 heteroatoms. The summed E-state index contributed by atoms with van der Waals surface area (Å²) in [6.07, 6.45) is 2.87. The molecule has 1 heterocycles. The van der Waals surface area contributed by atoms with Gasteiger partial charge in [-0.15, -0.1) is 0 Å². The minimum Gasteiger partial charge on any atom is -0.356 e. The summed E-state index contributed by atoms with van der Waals surface area (Å²) in [6, 6.07) is 5.23. The molecule has 1 N–H and O–H groups in total. The van der Waals surface area contributed by atoms with Crippen molar-refractivity contribution in [3.63, 3.8) is 0 Å². The van der Waals surface area contributed by atoms with Crippen LogP contribution in [0.15, 0.2) is 18.2 Å². The largest absolute Gasteiger partial charge is 0.356 e. The van der Waals surface area contributed by atoms with Crippen molar-refractivity contribution >= 4 is 39.1 Å². The fourth-order valence-electron chi connectivity index (χ4n) is 2.58. The summed E-state index contributed by atoms with van der Waals surface area (Å²) in [5.41, 5.74) is 0.885. The molecule has 0 bridgehead atoms. The molecule has 1 aromatic rings. The van der Waals surface area contributed by atoms with E-state index in [1.807, 2.05) is 6.07 Å². The van der Waals surface area contributed by atoms with E-state index >= 15 is 0 Å². The Balaban J connectivity index is 1.74. The van der Waals surface area contributed by atoms with Gasteiger partial charge in [-0.2, -0.15) is 0 Å². The number of nitrogens with zero attached hydrogens (tertiary/aromatic N) is 1. The molecule has 1 saturated heterocycles. The summed E-state index contributed by atoms with van der Waals surface area (Å²) < 4.78 is 24.4. The Hall–Kier alpha value is -0.820. The first kappa shape index (κ1) is 18.5. The smallest absolute Gasteiger partial charge is 0.220 e. The molecule has 0 spiro atoms. The lowest BCUT2D eigenvalue weighted by atomic mass is 10.1. The summed E-state index contributed by atoms with van der Waals surface area (Å²) >= 11 is 11.9. The maximum atomic E-state index is 11.9. The lowest BCUT2D eigenvalue weighted by Crippen LogP contribution is -2.32. The highest BCUT2D eigenvalue weighted by Crippen LogP contribution is 2.22. The van der Waals surface area contributed by atoms with Crippen molar-refractivity contribution in [3.8, 4) is 0 Å². The van der Waals surface area contributed by atoms with Crippen molar-refractivity contribution in [1.29, 1.82) is 0 Å². The number of carbonyl (C=O) groups is 1. The average molecular weight is 379 g/mol. The number of amides is 1. The molecule has 0 aromatic heterocycles. The minimum atomic E-state index is -3.13. The average Bonchev–Trinajstić information content (AvgIpc) is 2.93. The molecular formula is C15H20Cl2N2O3S. The number of hydrogen-bond acceptors (Lipinski definition) is 3. The molecule has 0 saturated carbocycles. The van der Waals surface area contributed by atoms with Gasteiger partial charge < -0.3 is 5.32 Å². The van der Waals surface area contributed by atoms with Crippen molar-refractivity contribution in [2.75, 3.05) is 25.9 Å². The number of nitrogens with one attached hydrogen (secondary N) is 1. The lowest BCUT2D eigenvalue weighted by Gasteiger charge is -2.14. The minimum absolute atomic E-state index is 0.0613. The van der Waals surface area contributed by atoms with Crippen LogP contribution < -0.4 is 5.32 Å². The second-order valence-corrected chi connectivity index (χ2v) is 8.64. The van der Waals surface area contributed by atoms with Crippen LogP contribution in [0.5, 0.6) is 0 Å². The van der Waals surface area contributed by atoms with Crippen LogP contribution in [0.2, 0.25) is 10.0 Å². The first-order valence-corrected chi connectivity index (χ1v) is 10.0. The van der Waals surface area contributed by atoms with E-state index < -0.39 is 10.0 Å². The van der Waals surface area contributed by atoms with Crippen molar-refractivity contribution < 1.29 is 13.2 Å². The quantitative estimate of drug-likeness (QED) is 0.825. The number of rotatable bonds is 6. The molecule has 0 radical (unpaired) electrons. The molecule has 128 valence electrons. The Bertz CT molecular complexity index is 679. The summed E-state index contributed by atoms with van der Waals surface area (Å²) in [6.45, 7) is 1.50. The molecule has 1 atom stereocenters. The maximum Gasteiger partial charge on any atom is 0.220 e. The van der Waals surface area contributed by atoms with Crippen molar-refractivity contribution in [2.45, 2.75) is 19.3 Å². The number of sulfonamides is 1. The molecule has 2 rings (SSSR count). The van der Waals surface area contributed by atoms with Gasteiger partial charge in [-0.05, 0) is 36.5 Å². The SMILES string of the molecule is CS(=O)(=O)N1CC[C@H](CNC(=O)CCc2ccc(Cl)cc2Cl)C1. The Morgan fingerprint density at radius 3 is 2.74 bits per heavy atom. The van der Waals surface area contributed by atoms with E-state index in [-0.39, 0.29) is 11.8 Å². The summed E-state index contributed by atoms with van der Waals surface area (Å²) in [7, 11) is -3.13. The zero-order chi connectivity index (χ0) is 17.0. The van der Waals surface area contributed by atoms with Crippen LogP contribution in [0.25, 0.3) is 0 Å². The van der Waals surface area contributed by atoms with Crippen molar-refractivity contribution in [2.24, 2.45) is 5.92 Å². The van der Waals surface area contributed by atoms with E-state index in [4.69, 9.17) is 23.2 Å². The highest BCUT2D eigenvalue weighted by molar-refractivity contribution is 7.88. The predicted octanol–water partition coefficient (Wildman–Crippen LogP) is 2.32. The van der Waals surface area contributed by atoms with Crippen LogP contribution in [-0.4, -0.2) is 44.5 Å². The van der Waals surface area contributed by atoms with Gasteiger partial charge in [-0.3, -0.25) is 4.79 Å². The van der Waals surface area contributed by atoms with E-state index in [0.717, 1.165) is 12.0 Å². The van der Waals surface area contributed by atoms with Gasteiger partial charge in [-0.25, -0.2) is 12.7 Å². The molecule has 23 heavy (non-hydrogen) atoms. The van der Waals surface area contributed by atoms with Gasteiger partial charge in [0.2, 0.25) is 15.9 Å². The molecule has 1 aromatic carbocycles. The van der Waals surface area contributed by atoms with Gasteiger partial charge in [0.15, 0.2) is 0 Å². The van der Waals surface area contributed by atoms with Gasteiger partial charge in [0, 0.05) is 36.1 Å². The second-order valence-electron chi connectivity index (χ2n) is 5.82. The van der Waals surface area contributed by atoms with Crippen LogP contribution in [0, 0.1) is 5.92 Å². The molecular weight excluding hydrogens is 359 g/mol. The molecule has 1 amide bonds. The van der Waals surface area contributed by atoms with Crippen molar-refractivity contribution in [3.05, 3.63) is 33.8 Å². The Kier molecular flexibility index (Phi) is 6.31. The first-order chi connectivity index (χ1) is 10.8.